The van der Waals surface area contributed by atoms with Gasteiger partial charge in [0.25, 0.3) is 0 Å². The van der Waals surface area contributed by atoms with Crippen molar-refractivity contribution in [2.75, 3.05) is 18.1 Å². The van der Waals surface area contributed by atoms with Crippen molar-refractivity contribution in [1.82, 2.24) is 0 Å². The minimum Gasteiger partial charge on any atom is -0.494 e. The maximum absolute atomic E-state index is 8.94. The number of ether oxygens (including phenoxy) is 1. The summed E-state index contributed by atoms with van der Waals surface area (Å²) < 4.78 is 5.57. The fraction of sp³-hybridized carbons (Fsp3) is 0.500. The predicted molar refractivity (Wildman–Crippen MR) is 65.5 cm³/mol. The summed E-state index contributed by atoms with van der Waals surface area (Å²) >= 11 is 1.93. The third-order valence-electron chi connectivity index (χ3n) is 1.99. The molecule has 0 amide bonds. The summed E-state index contributed by atoms with van der Waals surface area (Å²) in [5, 5.41) is 8.94. The predicted octanol–water partition coefficient (Wildman–Crippen LogP) is 2.70. The van der Waals surface area contributed by atoms with Gasteiger partial charge in [-0.15, -0.1) is 0 Å². The van der Waals surface area contributed by atoms with Gasteiger partial charge in [0, 0.05) is 0 Å². The molecule has 1 aromatic rings. The number of hydrogen-bond donors (Lipinski definition) is 1. The quantitative estimate of drug-likeness (QED) is 0.725. The summed E-state index contributed by atoms with van der Waals surface area (Å²) in [5.74, 6) is 3.17. The van der Waals surface area contributed by atoms with Crippen LogP contribution in [0.5, 0.6) is 5.75 Å². The Kier molecular flexibility index (Phi) is 6.28. The fourth-order valence-electron chi connectivity index (χ4n) is 1.23. The van der Waals surface area contributed by atoms with E-state index in [2.05, 4.69) is 6.92 Å². The average molecular weight is 226 g/mol. The van der Waals surface area contributed by atoms with E-state index in [4.69, 9.17) is 9.84 Å². The van der Waals surface area contributed by atoms with Crippen molar-refractivity contribution in [2.24, 2.45) is 0 Å². The maximum atomic E-state index is 8.94. The molecule has 0 aliphatic heterocycles. The van der Waals surface area contributed by atoms with Gasteiger partial charge in [0.15, 0.2) is 0 Å². The van der Waals surface area contributed by atoms with Crippen LogP contribution >= 0.6 is 11.8 Å². The molecule has 0 aliphatic rings. The zero-order chi connectivity index (χ0) is 10.9. The molecule has 84 valence electrons. The summed E-state index contributed by atoms with van der Waals surface area (Å²) in [6.07, 6.45) is 1.07. The van der Waals surface area contributed by atoms with E-state index in [1.54, 1.807) is 0 Å². The second kappa shape index (κ2) is 7.60. The van der Waals surface area contributed by atoms with E-state index in [9.17, 15) is 0 Å². The van der Waals surface area contributed by atoms with Crippen LogP contribution < -0.4 is 4.74 Å². The minimum atomic E-state index is 0.0723. The first kappa shape index (κ1) is 12.4. The number of hydrogen-bond acceptors (Lipinski definition) is 3. The molecule has 15 heavy (non-hydrogen) atoms. The van der Waals surface area contributed by atoms with Crippen LogP contribution in [0.25, 0.3) is 0 Å². The van der Waals surface area contributed by atoms with Crippen molar-refractivity contribution in [3.05, 3.63) is 29.8 Å². The van der Waals surface area contributed by atoms with Gasteiger partial charge >= 0.3 is 0 Å². The SMILES string of the molecule is CCSCCCOc1cccc(CO)c1. The van der Waals surface area contributed by atoms with Gasteiger partial charge in [0.05, 0.1) is 13.2 Å². The van der Waals surface area contributed by atoms with Crippen molar-refractivity contribution in [2.45, 2.75) is 20.0 Å². The second-order valence-electron chi connectivity index (χ2n) is 3.20. The molecule has 0 spiro atoms. The molecule has 2 nitrogen and oxygen atoms in total. The minimum absolute atomic E-state index is 0.0723. The molecular formula is C12H18O2S. The highest BCUT2D eigenvalue weighted by molar-refractivity contribution is 7.99. The molecule has 3 heteroatoms. The molecule has 0 saturated carbocycles. The Hall–Kier alpha value is -0.670. The smallest absolute Gasteiger partial charge is 0.119 e. The van der Waals surface area contributed by atoms with Gasteiger partial charge in [-0.05, 0) is 35.6 Å². The lowest BCUT2D eigenvalue weighted by Crippen LogP contribution is -1.99. The van der Waals surface area contributed by atoms with E-state index in [0.717, 1.165) is 30.1 Å². The van der Waals surface area contributed by atoms with Crippen LogP contribution in [-0.2, 0) is 6.61 Å². The highest BCUT2D eigenvalue weighted by Crippen LogP contribution is 2.13. The molecule has 0 atom stereocenters. The molecule has 0 bridgehead atoms. The van der Waals surface area contributed by atoms with E-state index in [-0.39, 0.29) is 6.61 Å². The average Bonchev–Trinajstić information content (AvgIpc) is 2.29. The summed E-state index contributed by atoms with van der Waals surface area (Å²) in [6.45, 7) is 2.99. The van der Waals surface area contributed by atoms with Crippen LogP contribution in [0, 0.1) is 0 Å². The fourth-order valence-corrected chi connectivity index (χ4v) is 1.84. The Labute approximate surface area is 95.7 Å². The Morgan fingerprint density at radius 1 is 1.40 bits per heavy atom. The third kappa shape index (κ3) is 5.09. The number of thioether (sulfide) groups is 1. The lowest BCUT2D eigenvalue weighted by atomic mass is 10.2. The van der Waals surface area contributed by atoms with E-state index in [1.807, 2.05) is 36.0 Å². The van der Waals surface area contributed by atoms with Crippen LogP contribution in [0.1, 0.15) is 18.9 Å². The van der Waals surface area contributed by atoms with E-state index in [0.29, 0.717) is 0 Å². The molecule has 1 aromatic carbocycles. The van der Waals surface area contributed by atoms with Crippen molar-refractivity contribution < 1.29 is 9.84 Å². The highest BCUT2D eigenvalue weighted by Gasteiger charge is 1.95. The van der Waals surface area contributed by atoms with Crippen molar-refractivity contribution in [3.63, 3.8) is 0 Å². The molecule has 0 saturated heterocycles. The van der Waals surface area contributed by atoms with Gasteiger partial charge in [0.2, 0.25) is 0 Å². The van der Waals surface area contributed by atoms with E-state index >= 15 is 0 Å². The first-order valence-corrected chi connectivity index (χ1v) is 6.42. The van der Waals surface area contributed by atoms with Crippen LogP contribution in [0.3, 0.4) is 0 Å². The molecule has 0 radical (unpaired) electrons. The lowest BCUT2D eigenvalue weighted by molar-refractivity contribution is 0.279. The monoisotopic (exact) mass is 226 g/mol. The van der Waals surface area contributed by atoms with E-state index in [1.165, 1.54) is 5.75 Å². The maximum Gasteiger partial charge on any atom is 0.119 e. The number of aliphatic hydroxyl groups excluding tert-OH is 1. The zero-order valence-electron chi connectivity index (χ0n) is 9.11. The van der Waals surface area contributed by atoms with Crippen LogP contribution in [0.15, 0.2) is 24.3 Å². The molecule has 0 heterocycles. The summed E-state index contributed by atoms with van der Waals surface area (Å²) in [4.78, 5) is 0. The van der Waals surface area contributed by atoms with Gasteiger partial charge in [-0.25, -0.2) is 0 Å². The second-order valence-corrected chi connectivity index (χ2v) is 4.60. The van der Waals surface area contributed by atoms with Gasteiger partial charge in [-0.2, -0.15) is 11.8 Å². The number of benzene rings is 1. The first-order chi connectivity index (χ1) is 7.36. The van der Waals surface area contributed by atoms with Crippen LogP contribution in [0.4, 0.5) is 0 Å². The summed E-state index contributed by atoms with van der Waals surface area (Å²) in [7, 11) is 0. The molecule has 0 aliphatic carbocycles. The normalized spacial score (nSPS) is 10.3. The van der Waals surface area contributed by atoms with Crippen LogP contribution in [0.2, 0.25) is 0 Å². The molecular weight excluding hydrogens is 208 g/mol. The molecule has 0 unspecified atom stereocenters. The summed E-state index contributed by atoms with van der Waals surface area (Å²) in [5.41, 5.74) is 0.899. The van der Waals surface area contributed by atoms with E-state index < -0.39 is 0 Å². The highest BCUT2D eigenvalue weighted by atomic mass is 32.2. The molecule has 1 N–H and O–H groups in total. The lowest BCUT2D eigenvalue weighted by Gasteiger charge is -2.06. The largest absolute Gasteiger partial charge is 0.494 e. The number of rotatable bonds is 7. The molecule has 0 aromatic heterocycles. The van der Waals surface area contributed by atoms with Gasteiger partial charge in [-0.3, -0.25) is 0 Å². The van der Waals surface area contributed by atoms with Crippen molar-refractivity contribution >= 4 is 11.8 Å². The third-order valence-corrected chi connectivity index (χ3v) is 2.97. The van der Waals surface area contributed by atoms with Gasteiger partial charge in [-0.1, -0.05) is 19.1 Å². The Balaban J connectivity index is 2.24. The number of aliphatic hydroxyl groups is 1. The molecule has 0 fully saturated rings. The Bertz CT molecular complexity index is 276. The van der Waals surface area contributed by atoms with Crippen molar-refractivity contribution in [1.29, 1.82) is 0 Å². The van der Waals surface area contributed by atoms with Gasteiger partial charge < -0.3 is 9.84 Å². The first-order valence-electron chi connectivity index (χ1n) is 5.27. The van der Waals surface area contributed by atoms with Gasteiger partial charge in [0.1, 0.15) is 5.75 Å². The van der Waals surface area contributed by atoms with Crippen LogP contribution in [-0.4, -0.2) is 23.2 Å². The Morgan fingerprint density at radius 2 is 2.27 bits per heavy atom. The topological polar surface area (TPSA) is 29.5 Å². The molecule has 1 rings (SSSR count). The summed E-state index contributed by atoms with van der Waals surface area (Å²) in [6, 6.07) is 7.60. The van der Waals surface area contributed by atoms with Crippen molar-refractivity contribution in [3.8, 4) is 5.75 Å². The Morgan fingerprint density at radius 3 is 3.00 bits per heavy atom. The standard InChI is InChI=1S/C12H18O2S/c1-2-15-8-4-7-14-12-6-3-5-11(9-12)10-13/h3,5-6,9,13H,2,4,7-8,10H2,1H3. The zero-order valence-corrected chi connectivity index (χ0v) is 9.93.